The van der Waals surface area contributed by atoms with Gasteiger partial charge < -0.3 is 0 Å². The molecule has 2 aromatic rings. The van der Waals surface area contributed by atoms with Gasteiger partial charge in [0.1, 0.15) is 4.90 Å². The Hall–Kier alpha value is -1.66. The Bertz CT molecular complexity index is 663. The minimum Gasteiger partial charge on any atom is -0.240 e. The van der Waals surface area contributed by atoms with Crippen LogP contribution in [-0.2, 0) is 10.0 Å². The Balaban J connectivity index is 2.24. The minimum atomic E-state index is -3.53. The van der Waals surface area contributed by atoms with Crippen molar-refractivity contribution in [2.24, 2.45) is 5.92 Å². The molecule has 0 saturated carbocycles. The first-order chi connectivity index (χ1) is 9.40. The van der Waals surface area contributed by atoms with E-state index in [1.54, 1.807) is 4.68 Å². The second-order valence-corrected chi connectivity index (χ2v) is 6.82. The van der Waals surface area contributed by atoms with Crippen LogP contribution in [0, 0.1) is 5.92 Å². The SMILES string of the molecule is CC(C)[C@@H](C)NS(=O)(=O)c1cnn(-c2ccccc2)c1. The molecule has 0 radical (unpaired) electrons. The van der Waals surface area contributed by atoms with Gasteiger partial charge in [0.2, 0.25) is 10.0 Å². The Morgan fingerprint density at radius 2 is 1.80 bits per heavy atom. The van der Waals surface area contributed by atoms with E-state index < -0.39 is 10.0 Å². The van der Waals surface area contributed by atoms with E-state index in [1.165, 1.54) is 12.4 Å². The summed E-state index contributed by atoms with van der Waals surface area (Å²) in [6.45, 7) is 5.80. The van der Waals surface area contributed by atoms with E-state index in [0.717, 1.165) is 5.69 Å². The van der Waals surface area contributed by atoms with Crippen LogP contribution in [0.25, 0.3) is 5.69 Å². The molecule has 108 valence electrons. The van der Waals surface area contributed by atoms with Crippen LogP contribution in [-0.4, -0.2) is 24.2 Å². The number of sulfonamides is 1. The third-order valence-electron chi connectivity index (χ3n) is 3.23. The summed E-state index contributed by atoms with van der Waals surface area (Å²) in [7, 11) is -3.53. The number of rotatable bonds is 5. The van der Waals surface area contributed by atoms with Gasteiger partial charge in [0.25, 0.3) is 0 Å². The summed E-state index contributed by atoms with van der Waals surface area (Å²) in [5.74, 6) is 0.231. The van der Waals surface area contributed by atoms with Crippen LogP contribution in [0.15, 0.2) is 47.6 Å². The first-order valence-electron chi connectivity index (χ1n) is 6.52. The lowest BCUT2D eigenvalue weighted by Gasteiger charge is -2.16. The maximum absolute atomic E-state index is 12.2. The van der Waals surface area contributed by atoms with Gasteiger partial charge >= 0.3 is 0 Å². The smallest absolute Gasteiger partial charge is 0.240 e. The molecule has 0 spiro atoms. The second-order valence-electron chi connectivity index (χ2n) is 5.11. The van der Waals surface area contributed by atoms with Gasteiger partial charge in [-0.3, -0.25) is 0 Å². The highest BCUT2D eigenvalue weighted by Crippen LogP contribution is 2.13. The van der Waals surface area contributed by atoms with Gasteiger partial charge in [0, 0.05) is 6.04 Å². The van der Waals surface area contributed by atoms with E-state index in [4.69, 9.17) is 0 Å². The van der Waals surface area contributed by atoms with Gasteiger partial charge in [-0.05, 0) is 25.0 Å². The molecule has 1 aromatic heterocycles. The Morgan fingerprint density at radius 3 is 2.40 bits per heavy atom. The molecule has 1 aromatic carbocycles. The molecular formula is C14H19N3O2S. The van der Waals surface area contributed by atoms with Crippen molar-refractivity contribution in [1.29, 1.82) is 0 Å². The van der Waals surface area contributed by atoms with Crippen LogP contribution in [0.1, 0.15) is 20.8 Å². The molecule has 6 heteroatoms. The third-order valence-corrected chi connectivity index (χ3v) is 4.74. The number of aromatic nitrogens is 2. The van der Waals surface area contributed by atoms with Crippen LogP contribution in [0.2, 0.25) is 0 Å². The highest BCUT2D eigenvalue weighted by Gasteiger charge is 2.21. The molecule has 5 nitrogen and oxygen atoms in total. The molecule has 1 atom stereocenters. The van der Waals surface area contributed by atoms with Crippen molar-refractivity contribution in [3.63, 3.8) is 0 Å². The highest BCUT2D eigenvalue weighted by molar-refractivity contribution is 7.89. The summed E-state index contributed by atoms with van der Waals surface area (Å²) in [6, 6.07) is 9.27. The zero-order valence-electron chi connectivity index (χ0n) is 11.8. The molecule has 0 saturated heterocycles. The van der Waals surface area contributed by atoms with Crippen LogP contribution in [0.5, 0.6) is 0 Å². The fourth-order valence-corrected chi connectivity index (χ4v) is 2.94. The molecule has 2 rings (SSSR count). The van der Waals surface area contributed by atoms with Gasteiger partial charge in [-0.15, -0.1) is 0 Å². The number of para-hydroxylation sites is 1. The summed E-state index contributed by atoms with van der Waals surface area (Å²) < 4.78 is 28.7. The zero-order valence-corrected chi connectivity index (χ0v) is 12.6. The lowest BCUT2D eigenvalue weighted by atomic mass is 10.1. The van der Waals surface area contributed by atoms with Crippen molar-refractivity contribution < 1.29 is 8.42 Å². The molecule has 20 heavy (non-hydrogen) atoms. The average Bonchev–Trinajstić information content (AvgIpc) is 2.89. The Morgan fingerprint density at radius 1 is 1.15 bits per heavy atom. The quantitative estimate of drug-likeness (QED) is 0.919. The van der Waals surface area contributed by atoms with Crippen molar-refractivity contribution in [2.75, 3.05) is 0 Å². The lowest BCUT2D eigenvalue weighted by molar-refractivity contribution is 0.476. The number of hydrogen-bond donors (Lipinski definition) is 1. The van der Waals surface area contributed by atoms with E-state index in [-0.39, 0.29) is 16.9 Å². The molecule has 1 N–H and O–H groups in total. The largest absolute Gasteiger partial charge is 0.243 e. The predicted molar refractivity (Wildman–Crippen MR) is 78.2 cm³/mol. The monoisotopic (exact) mass is 293 g/mol. The van der Waals surface area contributed by atoms with E-state index in [0.29, 0.717) is 0 Å². The first-order valence-corrected chi connectivity index (χ1v) is 8.01. The van der Waals surface area contributed by atoms with E-state index in [9.17, 15) is 8.42 Å². The summed E-state index contributed by atoms with van der Waals surface area (Å²) in [5.41, 5.74) is 0.825. The van der Waals surface area contributed by atoms with E-state index >= 15 is 0 Å². The Labute approximate surface area is 119 Å². The first kappa shape index (κ1) is 14.7. The fourth-order valence-electron chi connectivity index (χ4n) is 1.62. The third kappa shape index (κ3) is 3.26. The highest BCUT2D eigenvalue weighted by atomic mass is 32.2. The maximum Gasteiger partial charge on any atom is 0.243 e. The molecule has 0 aliphatic heterocycles. The molecule has 0 aliphatic carbocycles. The molecule has 0 amide bonds. The molecule has 0 fully saturated rings. The molecule has 0 aliphatic rings. The van der Waals surface area contributed by atoms with Crippen molar-refractivity contribution in [3.05, 3.63) is 42.7 Å². The van der Waals surface area contributed by atoms with Crippen molar-refractivity contribution >= 4 is 10.0 Å². The van der Waals surface area contributed by atoms with E-state index in [1.807, 2.05) is 51.1 Å². The summed E-state index contributed by atoms with van der Waals surface area (Å²) in [5, 5.41) is 4.10. The van der Waals surface area contributed by atoms with Gasteiger partial charge in [-0.25, -0.2) is 17.8 Å². The average molecular weight is 293 g/mol. The Kier molecular flexibility index (Phi) is 4.25. The standard InChI is InChI=1S/C14H19N3O2S/c1-11(2)12(3)16-20(18,19)14-9-15-17(10-14)13-7-5-4-6-8-13/h4-12,16H,1-3H3/t12-/m1/s1. The number of nitrogens with zero attached hydrogens (tertiary/aromatic N) is 2. The van der Waals surface area contributed by atoms with Gasteiger partial charge in [0.05, 0.1) is 18.1 Å². The number of hydrogen-bond acceptors (Lipinski definition) is 3. The second kappa shape index (κ2) is 5.76. The van der Waals surface area contributed by atoms with Crippen LogP contribution < -0.4 is 4.72 Å². The normalized spacial score (nSPS) is 13.6. The molecule has 1 heterocycles. The fraction of sp³-hybridized carbons (Fsp3) is 0.357. The van der Waals surface area contributed by atoms with Crippen LogP contribution in [0.4, 0.5) is 0 Å². The zero-order chi connectivity index (χ0) is 14.8. The summed E-state index contributed by atoms with van der Waals surface area (Å²) in [4.78, 5) is 0.175. The molecule has 0 bridgehead atoms. The summed E-state index contributed by atoms with van der Waals surface area (Å²) in [6.07, 6.45) is 2.88. The minimum absolute atomic E-state index is 0.125. The van der Waals surface area contributed by atoms with Crippen LogP contribution in [0.3, 0.4) is 0 Å². The topological polar surface area (TPSA) is 64.0 Å². The van der Waals surface area contributed by atoms with Gasteiger partial charge in [-0.1, -0.05) is 32.0 Å². The number of benzene rings is 1. The van der Waals surface area contributed by atoms with Crippen molar-refractivity contribution in [3.8, 4) is 5.69 Å². The van der Waals surface area contributed by atoms with Crippen molar-refractivity contribution in [2.45, 2.75) is 31.7 Å². The summed E-state index contributed by atoms with van der Waals surface area (Å²) >= 11 is 0. The predicted octanol–water partition coefficient (Wildman–Crippen LogP) is 2.20. The molecular weight excluding hydrogens is 274 g/mol. The van der Waals surface area contributed by atoms with Crippen LogP contribution >= 0.6 is 0 Å². The lowest BCUT2D eigenvalue weighted by Crippen LogP contribution is -2.35. The molecule has 0 unspecified atom stereocenters. The maximum atomic E-state index is 12.2. The van der Waals surface area contributed by atoms with E-state index in [2.05, 4.69) is 9.82 Å². The number of nitrogens with one attached hydrogen (secondary N) is 1. The van der Waals surface area contributed by atoms with Gasteiger partial charge in [0.15, 0.2) is 0 Å². The van der Waals surface area contributed by atoms with Crippen molar-refractivity contribution in [1.82, 2.24) is 14.5 Å². The van der Waals surface area contributed by atoms with Gasteiger partial charge in [-0.2, -0.15) is 5.10 Å².